The lowest BCUT2D eigenvalue weighted by atomic mass is 10.2. The Morgan fingerprint density at radius 3 is 2.48 bits per heavy atom. The highest BCUT2D eigenvalue weighted by Gasteiger charge is 2.26. The lowest BCUT2D eigenvalue weighted by molar-refractivity contribution is -0.385. The number of hydrogen-bond acceptors (Lipinski definition) is 4. The Hall–Kier alpha value is -2.70. The molecule has 2 aromatic rings. The summed E-state index contributed by atoms with van der Waals surface area (Å²) in [6.07, 6.45) is 0.386. The first-order valence-corrected chi connectivity index (χ1v) is 7.26. The van der Waals surface area contributed by atoms with Crippen molar-refractivity contribution in [2.45, 2.75) is 26.8 Å². The monoisotopic (exact) mass is 320 g/mol. The second-order valence-corrected chi connectivity index (χ2v) is 4.91. The van der Waals surface area contributed by atoms with Crippen molar-refractivity contribution >= 4 is 11.7 Å². The van der Waals surface area contributed by atoms with Crippen LogP contribution in [0.25, 0.3) is 0 Å². The molecule has 0 spiro atoms. The summed E-state index contributed by atoms with van der Waals surface area (Å²) >= 11 is 0. The highest BCUT2D eigenvalue weighted by atomic mass is 19.1. The smallest absolute Gasteiger partial charge is 0.355 e. The quantitative estimate of drug-likeness (QED) is 0.465. The van der Waals surface area contributed by atoms with E-state index in [2.05, 4.69) is 0 Å². The maximum atomic E-state index is 13.0. The number of hydrogen-bond donors (Lipinski definition) is 0. The molecule has 0 saturated carbocycles. The van der Waals surface area contributed by atoms with Crippen LogP contribution in [-0.4, -0.2) is 22.1 Å². The van der Waals surface area contributed by atoms with Crippen molar-refractivity contribution in [1.82, 2.24) is 4.57 Å². The topological polar surface area (TPSA) is 74.4 Å². The molecule has 0 radical (unpaired) electrons. The van der Waals surface area contributed by atoms with E-state index < -0.39 is 10.9 Å². The number of aromatic nitrogens is 1. The van der Waals surface area contributed by atoms with Crippen LogP contribution in [0.2, 0.25) is 0 Å². The molecule has 0 saturated heterocycles. The van der Waals surface area contributed by atoms with E-state index in [1.54, 1.807) is 30.5 Å². The SMILES string of the molecule is CCOC(=O)c1cc([N+](=O)[O-])c(CC)n1Cc1ccc(F)cc1. The molecule has 0 aliphatic heterocycles. The molecule has 0 fully saturated rings. The van der Waals surface area contributed by atoms with Crippen LogP contribution in [0, 0.1) is 15.9 Å². The zero-order valence-corrected chi connectivity index (χ0v) is 12.9. The number of benzene rings is 1. The van der Waals surface area contributed by atoms with Gasteiger partial charge in [-0.1, -0.05) is 19.1 Å². The van der Waals surface area contributed by atoms with Gasteiger partial charge < -0.3 is 9.30 Å². The third-order valence-corrected chi connectivity index (χ3v) is 3.46. The van der Waals surface area contributed by atoms with Crippen LogP contribution in [0.4, 0.5) is 10.1 Å². The van der Waals surface area contributed by atoms with Gasteiger partial charge in [0.25, 0.3) is 5.69 Å². The van der Waals surface area contributed by atoms with Crippen molar-refractivity contribution in [2.75, 3.05) is 6.61 Å². The van der Waals surface area contributed by atoms with E-state index in [-0.39, 0.29) is 30.4 Å². The molecule has 7 heteroatoms. The summed E-state index contributed by atoms with van der Waals surface area (Å²) in [5.41, 5.74) is 1.18. The van der Waals surface area contributed by atoms with Crippen LogP contribution in [0.5, 0.6) is 0 Å². The lowest BCUT2D eigenvalue weighted by Gasteiger charge is -2.11. The highest BCUT2D eigenvalue weighted by Crippen LogP contribution is 2.26. The second kappa shape index (κ2) is 7.04. The number of esters is 1. The van der Waals surface area contributed by atoms with Gasteiger partial charge in [0.1, 0.15) is 11.5 Å². The average molecular weight is 320 g/mol. The zero-order chi connectivity index (χ0) is 17.0. The van der Waals surface area contributed by atoms with Crippen LogP contribution in [0.3, 0.4) is 0 Å². The van der Waals surface area contributed by atoms with Crippen LogP contribution >= 0.6 is 0 Å². The fourth-order valence-corrected chi connectivity index (χ4v) is 2.43. The Morgan fingerprint density at radius 2 is 1.96 bits per heavy atom. The largest absolute Gasteiger partial charge is 0.461 e. The van der Waals surface area contributed by atoms with E-state index in [4.69, 9.17) is 4.74 Å². The molecule has 0 aliphatic carbocycles. The summed E-state index contributed by atoms with van der Waals surface area (Å²) in [6, 6.07) is 7.01. The van der Waals surface area contributed by atoms with E-state index in [1.165, 1.54) is 18.2 Å². The van der Waals surface area contributed by atoms with Gasteiger partial charge in [0, 0.05) is 12.6 Å². The maximum absolute atomic E-state index is 13.0. The van der Waals surface area contributed by atoms with Crippen molar-refractivity contribution in [3.05, 3.63) is 63.2 Å². The molecule has 0 aliphatic rings. The fourth-order valence-electron chi connectivity index (χ4n) is 2.43. The van der Waals surface area contributed by atoms with Crippen molar-refractivity contribution in [3.8, 4) is 0 Å². The second-order valence-electron chi connectivity index (χ2n) is 4.91. The number of nitro groups is 1. The average Bonchev–Trinajstić information content (AvgIpc) is 2.88. The number of ether oxygens (including phenoxy) is 1. The number of carbonyl (C=O) groups is 1. The highest BCUT2D eigenvalue weighted by molar-refractivity contribution is 5.89. The minimum Gasteiger partial charge on any atom is -0.461 e. The summed E-state index contributed by atoms with van der Waals surface area (Å²) in [5, 5.41) is 11.2. The van der Waals surface area contributed by atoms with E-state index in [9.17, 15) is 19.3 Å². The summed E-state index contributed by atoms with van der Waals surface area (Å²) < 4.78 is 19.6. The molecule has 122 valence electrons. The molecule has 0 atom stereocenters. The first-order valence-electron chi connectivity index (χ1n) is 7.26. The maximum Gasteiger partial charge on any atom is 0.355 e. The number of nitrogens with zero attached hydrogens (tertiary/aromatic N) is 2. The minimum atomic E-state index is -0.614. The number of halogens is 1. The van der Waals surface area contributed by atoms with E-state index in [1.807, 2.05) is 0 Å². The molecule has 0 unspecified atom stereocenters. The van der Waals surface area contributed by atoms with Crippen molar-refractivity contribution in [1.29, 1.82) is 0 Å². The Labute approximate surface area is 132 Å². The molecule has 1 aromatic carbocycles. The van der Waals surface area contributed by atoms with Gasteiger partial charge in [-0.15, -0.1) is 0 Å². The minimum absolute atomic E-state index is 0.113. The first kappa shape index (κ1) is 16.7. The third kappa shape index (κ3) is 3.56. The molecular weight excluding hydrogens is 303 g/mol. The van der Waals surface area contributed by atoms with Crippen molar-refractivity contribution < 1.29 is 18.8 Å². The number of carbonyl (C=O) groups excluding carboxylic acids is 1. The van der Waals surface area contributed by atoms with Gasteiger partial charge >= 0.3 is 5.97 Å². The van der Waals surface area contributed by atoms with Gasteiger partial charge in [-0.3, -0.25) is 10.1 Å². The summed E-state index contributed by atoms with van der Waals surface area (Å²) in [4.78, 5) is 22.8. The predicted molar refractivity (Wildman–Crippen MR) is 81.9 cm³/mol. The number of rotatable bonds is 6. The zero-order valence-electron chi connectivity index (χ0n) is 12.9. The molecular formula is C16H17FN2O4. The van der Waals surface area contributed by atoms with Crippen molar-refractivity contribution in [2.24, 2.45) is 0 Å². The van der Waals surface area contributed by atoms with Gasteiger partial charge in [0.2, 0.25) is 0 Å². The molecule has 0 N–H and O–H groups in total. The molecule has 0 amide bonds. The molecule has 23 heavy (non-hydrogen) atoms. The van der Waals surface area contributed by atoms with E-state index in [0.29, 0.717) is 12.1 Å². The summed E-state index contributed by atoms with van der Waals surface area (Å²) in [5.74, 6) is -0.981. The van der Waals surface area contributed by atoms with E-state index in [0.717, 1.165) is 5.56 Å². The van der Waals surface area contributed by atoms with Crippen molar-refractivity contribution in [3.63, 3.8) is 0 Å². The molecule has 0 bridgehead atoms. The Morgan fingerprint density at radius 1 is 1.30 bits per heavy atom. The Balaban J connectivity index is 2.51. The van der Waals surface area contributed by atoms with Crippen LogP contribution in [0.15, 0.2) is 30.3 Å². The summed E-state index contributed by atoms with van der Waals surface area (Å²) in [6.45, 7) is 3.85. The molecule has 1 aromatic heterocycles. The molecule has 6 nitrogen and oxygen atoms in total. The predicted octanol–water partition coefficient (Wildman–Crippen LogP) is 3.32. The van der Waals surface area contributed by atoms with Gasteiger partial charge in [-0.05, 0) is 31.0 Å². The van der Waals surface area contributed by atoms with Crippen LogP contribution < -0.4 is 0 Å². The van der Waals surface area contributed by atoms with E-state index >= 15 is 0 Å². The molecule has 2 rings (SSSR count). The lowest BCUT2D eigenvalue weighted by Crippen LogP contribution is -2.15. The Bertz CT molecular complexity index is 722. The third-order valence-electron chi connectivity index (χ3n) is 3.46. The van der Waals surface area contributed by atoms with Gasteiger partial charge in [-0.2, -0.15) is 0 Å². The normalized spacial score (nSPS) is 10.6. The standard InChI is InChI=1S/C16H17FN2O4/c1-3-13-14(19(21)22)9-15(16(20)23-4-2)18(13)10-11-5-7-12(17)8-6-11/h5-9H,3-4,10H2,1-2H3. The van der Waals surface area contributed by atoms with Crippen LogP contribution in [0.1, 0.15) is 35.6 Å². The Kier molecular flexibility index (Phi) is 5.10. The molecule has 1 heterocycles. The van der Waals surface area contributed by atoms with Gasteiger partial charge in [-0.25, -0.2) is 9.18 Å². The van der Waals surface area contributed by atoms with Gasteiger partial charge in [0.05, 0.1) is 17.2 Å². The summed E-state index contributed by atoms with van der Waals surface area (Å²) in [7, 11) is 0. The van der Waals surface area contributed by atoms with Crippen LogP contribution in [-0.2, 0) is 17.7 Å². The fraction of sp³-hybridized carbons (Fsp3) is 0.312. The van der Waals surface area contributed by atoms with Gasteiger partial charge in [0.15, 0.2) is 0 Å². The first-order chi connectivity index (χ1) is 11.0.